The van der Waals surface area contributed by atoms with Crippen molar-refractivity contribution in [2.75, 3.05) is 6.61 Å². The van der Waals surface area contributed by atoms with Crippen LogP contribution in [-0.2, 0) is 0 Å². The summed E-state index contributed by atoms with van der Waals surface area (Å²) in [5.41, 5.74) is 0.748. The SMILES string of the molecule is CC(CO)NC(=O)c1ccc(Oc2ccccc2C#N)c(Cl)c1. The Hall–Kier alpha value is -2.55. The fourth-order valence-corrected chi connectivity index (χ4v) is 2.06. The lowest BCUT2D eigenvalue weighted by Gasteiger charge is -2.12. The first-order valence-corrected chi connectivity index (χ1v) is 7.31. The zero-order valence-corrected chi connectivity index (χ0v) is 13.2. The largest absolute Gasteiger partial charge is 0.454 e. The fraction of sp³-hybridized carbons (Fsp3) is 0.176. The highest BCUT2D eigenvalue weighted by molar-refractivity contribution is 6.32. The zero-order valence-electron chi connectivity index (χ0n) is 12.4. The van der Waals surface area contributed by atoms with Gasteiger partial charge in [-0.3, -0.25) is 4.79 Å². The summed E-state index contributed by atoms with van der Waals surface area (Å²) < 4.78 is 5.64. The quantitative estimate of drug-likeness (QED) is 0.882. The molecule has 5 nitrogen and oxygen atoms in total. The average molecular weight is 331 g/mol. The molecule has 23 heavy (non-hydrogen) atoms. The number of para-hydroxylation sites is 1. The standard InChI is InChI=1S/C17H15ClN2O3/c1-11(10-21)20-17(22)12-6-7-16(14(18)8-12)23-15-5-3-2-4-13(15)9-19/h2-8,11,21H,10H2,1H3,(H,20,22). The van der Waals surface area contributed by atoms with Gasteiger partial charge in [-0.1, -0.05) is 23.7 Å². The summed E-state index contributed by atoms with van der Waals surface area (Å²) in [6.45, 7) is 1.54. The van der Waals surface area contributed by atoms with E-state index in [0.717, 1.165) is 0 Å². The number of aliphatic hydroxyl groups excluding tert-OH is 1. The molecule has 2 N–H and O–H groups in total. The summed E-state index contributed by atoms with van der Waals surface area (Å²) in [7, 11) is 0. The van der Waals surface area contributed by atoms with Crippen LogP contribution in [0.5, 0.6) is 11.5 Å². The second-order valence-corrected chi connectivity index (χ2v) is 5.32. The number of hydrogen-bond acceptors (Lipinski definition) is 4. The van der Waals surface area contributed by atoms with Crippen molar-refractivity contribution in [3.05, 3.63) is 58.6 Å². The van der Waals surface area contributed by atoms with Gasteiger partial charge in [0, 0.05) is 11.6 Å². The Bertz CT molecular complexity index is 756. The number of hydrogen-bond donors (Lipinski definition) is 2. The van der Waals surface area contributed by atoms with E-state index in [-0.39, 0.29) is 23.6 Å². The molecule has 1 unspecified atom stereocenters. The molecule has 0 aliphatic rings. The van der Waals surface area contributed by atoms with Crippen LogP contribution in [0.25, 0.3) is 0 Å². The Balaban J connectivity index is 2.20. The average Bonchev–Trinajstić information content (AvgIpc) is 2.56. The van der Waals surface area contributed by atoms with Gasteiger partial charge in [-0.2, -0.15) is 5.26 Å². The number of carbonyl (C=O) groups is 1. The van der Waals surface area contributed by atoms with Gasteiger partial charge in [0.25, 0.3) is 5.91 Å². The molecule has 2 aromatic rings. The second kappa shape index (κ2) is 7.63. The minimum atomic E-state index is -0.347. The van der Waals surface area contributed by atoms with E-state index in [0.29, 0.717) is 22.6 Å². The van der Waals surface area contributed by atoms with E-state index in [9.17, 15) is 4.79 Å². The molecule has 0 heterocycles. The summed E-state index contributed by atoms with van der Waals surface area (Å²) in [6, 6.07) is 13.1. The van der Waals surface area contributed by atoms with Crippen molar-refractivity contribution in [1.29, 1.82) is 5.26 Å². The predicted octanol–water partition coefficient (Wildman–Crippen LogP) is 3.11. The minimum absolute atomic E-state index is 0.147. The zero-order chi connectivity index (χ0) is 16.8. The van der Waals surface area contributed by atoms with Crippen LogP contribution in [0.2, 0.25) is 5.02 Å². The van der Waals surface area contributed by atoms with E-state index < -0.39 is 0 Å². The molecule has 118 valence electrons. The van der Waals surface area contributed by atoms with Crippen LogP contribution >= 0.6 is 11.6 Å². The number of nitrogens with one attached hydrogen (secondary N) is 1. The van der Waals surface area contributed by atoms with E-state index in [1.54, 1.807) is 43.3 Å². The van der Waals surface area contributed by atoms with Gasteiger partial charge >= 0.3 is 0 Å². The molecular formula is C17H15ClN2O3. The van der Waals surface area contributed by atoms with E-state index in [2.05, 4.69) is 5.32 Å². The molecule has 1 atom stereocenters. The van der Waals surface area contributed by atoms with Gasteiger partial charge in [0.1, 0.15) is 17.6 Å². The van der Waals surface area contributed by atoms with Gasteiger partial charge < -0.3 is 15.2 Å². The number of rotatable bonds is 5. The van der Waals surface area contributed by atoms with Gasteiger partial charge in [0.05, 0.1) is 17.2 Å². The Labute approximate surface area is 139 Å². The molecule has 1 amide bonds. The summed E-state index contributed by atoms with van der Waals surface area (Å²) in [6.07, 6.45) is 0. The van der Waals surface area contributed by atoms with Crippen LogP contribution in [0, 0.1) is 11.3 Å². The third kappa shape index (κ3) is 4.22. The maximum atomic E-state index is 12.0. The molecule has 0 bridgehead atoms. The van der Waals surface area contributed by atoms with Crippen molar-refractivity contribution in [3.8, 4) is 17.6 Å². The van der Waals surface area contributed by atoms with Gasteiger partial charge in [-0.25, -0.2) is 0 Å². The van der Waals surface area contributed by atoms with Crippen molar-refractivity contribution < 1.29 is 14.6 Å². The molecule has 2 aromatic carbocycles. The van der Waals surface area contributed by atoms with Crippen LogP contribution in [-0.4, -0.2) is 23.7 Å². The van der Waals surface area contributed by atoms with Crippen molar-refractivity contribution in [1.82, 2.24) is 5.32 Å². The van der Waals surface area contributed by atoms with Crippen molar-refractivity contribution in [2.45, 2.75) is 13.0 Å². The molecule has 0 aromatic heterocycles. The summed E-state index contributed by atoms with van der Waals surface area (Å²) in [5.74, 6) is 0.404. The number of ether oxygens (including phenoxy) is 1. The van der Waals surface area contributed by atoms with Gasteiger partial charge in [0.15, 0.2) is 0 Å². The van der Waals surface area contributed by atoms with E-state index in [1.807, 2.05) is 6.07 Å². The van der Waals surface area contributed by atoms with Gasteiger partial charge in [-0.15, -0.1) is 0 Å². The number of nitrogens with zero attached hydrogens (tertiary/aromatic N) is 1. The summed E-state index contributed by atoms with van der Waals surface area (Å²) in [4.78, 5) is 12.0. The number of aliphatic hydroxyl groups is 1. The highest BCUT2D eigenvalue weighted by Crippen LogP contribution is 2.31. The first-order chi connectivity index (χ1) is 11.0. The summed E-state index contributed by atoms with van der Waals surface area (Å²) in [5, 5.41) is 20.9. The molecule has 0 radical (unpaired) electrons. The molecule has 0 aliphatic carbocycles. The molecule has 2 rings (SSSR count). The van der Waals surface area contributed by atoms with Gasteiger partial charge in [0.2, 0.25) is 0 Å². The second-order valence-electron chi connectivity index (χ2n) is 4.91. The fourth-order valence-electron chi connectivity index (χ4n) is 1.84. The number of benzene rings is 2. The molecule has 0 fully saturated rings. The van der Waals surface area contributed by atoms with E-state index >= 15 is 0 Å². The van der Waals surface area contributed by atoms with Crippen LogP contribution < -0.4 is 10.1 Å². The van der Waals surface area contributed by atoms with Crippen molar-refractivity contribution >= 4 is 17.5 Å². The van der Waals surface area contributed by atoms with E-state index in [4.69, 9.17) is 26.7 Å². The maximum absolute atomic E-state index is 12.0. The van der Waals surface area contributed by atoms with Crippen LogP contribution in [0.3, 0.4) is 0 Å². The van der Waals surface area contributed by atoms with Gasteiger partial charge in [-0.05, 0) is 37.3 Å². The predicted molar refractivity (Wildman–Crippen MR) is 86.7 cm³/mol. The van der Waals surface area contributed by atoms with Crippen LogP contribution in [0.1, 0.15) is 22.8 Å². The first kappa shape index (κ1) is 16.8. The number of halogens is 1. The van der Waals surface area contributed by atoms with Crippen molar-refractivity contribution in [2.24, 2.45) is 0 Å². The van der Waals surface area contributed by atoms with E-state index in [1.165, 1.54) is 6.07 Å². The lowest BCUT2D eigenvalue weighted by molar-refractivity contribution is 0.0922. The molecule has 6 heteroatoms. The third-order valence-electron chi connectivity index (χ3n) is 3.07. The number of nitriles is 1. The van der Waals surface area contributed by atoms with Crippen LogP contribution in [0.15, 0.2) is 42.5 Å². The number of amides is 1. The molecular weight excluding hydrogens is 316 g/mol. The normalized spacial score (nSPS) is 11.4. The first-order valence-electron chi connectivity index (χ1n) is 6.93. The van der Waals surface area contributed by atoms with Crippen molar-refractivity contribution in [3.63, 3.8) is 0 Å². The molecule has 0 aliphatic heterocycles. The Morgan fingerprint density at radius 1 is 1.35 bits per heavy atom. The summed E-state index contributed by atoms with van der Waals surface area (Å²) >= 11 is 6.15. The smallest absolute Gasteiger partial charge is 0.251 e. The lowest BCUT2D eigenvalue weighted by Crippen LogP contribution is -2.34. The minimum Gasteiger partial charge on any atom is -0.454 e. The monoisotopic (exact) mass is 330 g/mol. The lowest BCUT2D eigenvalue weighted by atomic mass is 10.2. The topological polar surface area (TPSA) is 82.3 Å². The Morgan fingerprint density at radius 2 is 2.09 bits per heavy atom. The number of carbonyl (C=O) groups excluding carboxylic acids is 1. The Morgan fingerprint density at radius 3 is 2.74 bits per heavy atom. The Kier molecular flexibility index (Phi) is 5.58. The molecule has 0 spiro atoms. The highest BCUT2D eigenvalue weighted by Gasteiger charge is 2.13. The molecule has 0 saturated heterocycles. The third-order valence-corrected chi connectivity index (χ3v) is 3.37. The molecule has 0 saturated carbocycles. The van der Waals surface area contributed by atoms with Crippen LogP contribution in [0.4, 0.5) is 0 Å². The highest BCUT2D eigenvalue weighted by atomic mass is 35.5. The maximum Gasteiger partial charge on any atom is 0.251 e.